The number of ether oxygens (including phenoxy) is 3. The van der Waals surface area contributed by atoms with Gasteiger partial charge in [0.25, 0.3) is 5.91 Å². The van der Waals surface area contributed by atoms with Crippen molar-refractivity contribution in [3.8, 4) is 5.75 Å². The number of rotatable bonds is 6. The molecule has 12 heteroatoms. The van der Waals surface area contributed by atoms with Gasteiger partial charge in [-0.3, -0.25) is 14.6 Å². The summed E-state index contributed by atoms with van der Waals surface area (Å²) in [6, 6.07) is 11.3. The fraction of sp³-hybridized carbons (Fsp3) is 0.651. The third-order valence-corrected chi connectivity index (χ3v) is 14.7. The van der Waals surface area contributed by atoms with E-state index in [-0.39, 0.29) is 36.0 Å². The number of carbonyl (C=O) groups is 1. The summed E-state index contributed by atoms with van der Waals surface area (Å²) in [6.07, 6.45) is 10.1. The molecule has 2 bridgehead atoms. The summed E-state index contributed by atoms with van der Waals surface area (Å²) in [5.41, 5.74) is 2.81. The lowest BCUT2D eigenvalue weighted by atomic mass is 9.66. The Hall–Kier alpha value is -2.67. The Morgan fingerprint density at radius 3 is 2.49 bits per heavy atom. The predicted octanol–water partition coefficient (Wildman–Crippen LogP) is 7.30. The SMILES string of the molecule is CCO[C@]1(N2CCN(C(C)(C)C)CC2)/C=C/C[C@H](C)C(CCOC)S(=O)(=O)NC(=O)c2ccc3c(c2)N(CCCCc2cc(Cl)ccc2CO3)C[C@@H]2CC[C@H]21. The highest BCUT2D eigenvalue weighted by Gasteiger charge is 2.52. The highest BCUT2D eigenvalue weighted by Crippen LogP contribution is 2.48. The number of halogens is 1. The first-order chi connectivity index (χ1) is 26.3. The zero-order chi connectivity index (χ0) is 39.4. The first-order valence-corrected chi connectivity index (χ1v) is 22.3. The minimum atomic E-state index is -4.07. The maximum absolute atomic E-state index is 14.1. The van der Waals surface area contributed by atoms with Gasteiger partial charge in [0, 0.05) is 81.6 Å². The third kappa shape index (κ3) is 9.56. The highest BCUT2D eigenvalue weighted by molar-refractivity contribution is 7.90. The quantitative estimate of drug-likeness (QED) is 0.302. The van der Waals surface area contributed by atoms with E-state index >= 15 is 0 Å². The first kappa shape index (κ1) is 41.9. The van der Waals surface area contributed by atoms with Gasteiger partial charge in [-0.15, -0.1) is 0 Å². The Morgan fingerprint density at radius 1 is 1.02 bits per heavy atom. The third-order valence-electron chi connectivity index (χ3n) is 12.5. The second kappa shape index (κ2) is 17.9. The van der Waals surface area contributed by atoms with Crippen molar-refractivity contribution < 1.29 is 27.4 Å². The van der Waals surface area contributed by atoms with Crippen LogP contribution in [0.5, 0.6) is 5.75 Å². The number of anilines is 1. The largest absolute Gasteiger partial charge is 0.487 e. The van der Waals surface area contributed by atoms with Gasteiger partial charge in [0.2, 0.25) is 10.0 Å². The van der Waals surface area contributed by atoms with E-state index in [1.165, 1.54) is 5.56 Å². The number of methoxy groups -OCH3 is 1. The maximum Gasteiger partial charge on any atom is 0.264 e. The van der Waals surface area contributed by atoms with E-state index in [4.69, 9.17) is 25.8 Å². The van der Waals surface area contributed by atoms with E-state index < -0.39 is 26.9 Å². The van der Waals surface area contributed by atoms with Crippen LogP contribution < -0.4 is 14.4 Å². The van der Waals surface area contributed by atoms with Crippen molar-refractivity contribution in [2.45, 2.75) is 103 Å². The lowest BCUT2D eigenvalue weighted by Crippen LogP contribution is -2.65. The monoisotopic (exact) mass is 798 g/mol. The number of hydrogen-bond acceptors (Lipinski definition) is 9. The molecule has 6 rings (SSSR count). The molecule has 10 nitrogen and oxygen atoms in total. The van der Waals surface area contributed by atoms with Crippen LogP contribution >= 0.6 is 11.6 Å². The molecule has 0 radical (unpaired) electrons. The topological polar surface area (TPSA) is 101 Å². The van der Waals surface area contributed by atoms with Gasteiger partial charge < -0.3 is 19.1 Å². The Labute approximate surface area is 334 Å². The number of allylic oxidation sites excluding steroid dienone is 1. The summed E-state index contributed by atoms with van der Waals surface area (Å²) in [6.45, 7) is 17.3. The van der Waals surface area contributed by atoms with Crippen molar-refractivity contribution in [3.05, 3.63) is 70.3 Å². The van der Waals surface area contributed by atoms with Crippen LogP contribution in [-0.2, 0) is 32.5 Å². The van der Waals surface area contributed by atoms with Crippen LogP contribution in [0, 0.1) is 17.8 Å². The van der Waals surface area contributed by atoms with Crippen LogP contribution in [0.15, 0.2) is 48.6 Å². The van der Waals surface area contributed by atoms with Gasteiger partial charge in [0.05, 0.1) is 10.9 Å². The number of fused-ring (bicyclic) bond motifs is 3. The van der Waals surface area contributed by atoms with Gasteiger partial charge in [-0.1, -0.05) is 30.7 Å². The van der Waals surface area contributed by atoms with E-state index in [1.54, 1.807) is 13.2 Å². The minimum Gasteiger partial charge on any atom is -0.487 e. The lowest BCUT2D eigenvalue weighted by molar-refractivity contribution is -0.197. The summed E-state index contributed by atoms with van der Waals surface area (Å²) in [5, 5.41) is -0.122. The smallest absolute Gasteiger partial charge is 0.264 e. The second-order valence-corrected chi connectivity index (χ2v) is 19.3. The van der Waals surface area contributed by atoms with Crippen LogP contribution in [0.1, 0.15) is 94.6 Å². The molecule has 3 heterocycles. The molecule has 55 heavy (non-hydrogen) atoms. The molecule has 3 aliphatic heterocycles. The molecule has 1 aliphatic carbocycles. The molecule has 0 spiro atoms. The number of carbonyl (C=O) groups excluding carboxylic acids is 1. The summed E-state index contributed by atoms with van der Waals surface area (Å²) in [5.74, 6) is 0.290. The molecular formula is C43H63ClN4O6S. The predicted molar refractivity (Wildman–Crippen MR) is 220 cm³/mol. The molecular weight excluding hydrogens is 736 g/mol. The molecule has 1 saturated carbocycles. The van der Waals surface area contributed by atoms with Gasteiger partial charge in [0.15, 0.2) is 0 Å². The second-order valence-electron chi connectivity index (χ2n) is 17.0. The van der Waals surface area contributed by atoms with Gasteiger partial charge in [-0.05, 0) is 132 Å². The number of nitrogens with one attached hydrogen (secondary N) is 1. The number of piperazine rings is 1. The van der Waals surface area contributed by atoms with Crippen molar-refractivity contribution in [2.75, 3.05) is 64.5 Å². The molecule has 1 saturated heterocycles. The van der Waals surface area contributed by atoms with Gasteiger partial charge >= 0.3 is 0 Å². The molecule has 2 fully saturated rings. The van der Waals surface area contributed by atoms with Crippen LogP contribution in [-0.4, -0.2) is 100 Å². The molecule has 1 N–H and O–H groups in total. The highest BCUT2D eigenvalue weighted by atomic mass is 35.5. The molecule has 1 unspecified atom stereocenters. The van der Waals surface area contributed by atoms with Crippen LogP contribution in [0.2, 0.25) is 5.02 Å². The summed E-state index contributed by atoms with van der Waals surface area (Å²) in [7, 11) is -2.50. The first-order valence-electron chi connectivity index (χ1n) is 20.4. The molecule has 304 valence electrons. The maximum atomic E-state index is 14.1. The molecule has 2 aromatic rings. The minimum absolute atomic E-state index is 0.0810. The van der Waals surface area contributed by atoms with E-state index in [2.05, 4.69) is 59.3 Å². The van der Waals surface area contributed by atoms with Crippen LogP contribution in [0.4, 0.5) is 5.69 Å². The van der Waals surface area contributed by atoms with E-state index in [0.29, 0.717) is 36.3 Å². The Morgan fingerprint density at radius 2 is 1.80 bits per heavy atom. The number of benzene rings is 2. The Balaban J connectivity index is 1.44. The van der Waals surface area contributed by atoms with Crippen molar-refractivity contribution in [1.82, 2.24) is 14.5 Å². The fourth-order valence-electron chi connectivity index (χ4n) is 9.21. The molecule has 1 amide bonds. The van der Waals surface area contributed by atoms with Gasteiger partial charge in [0.1, 0.15) is 18.1 Å². The van der Waals surface area contributed by atoms with E-state index in [9.17, 15) is 13.2 Å². The normalized spacial score (nSPS) is 29.1. The van der Waals surface area contributed by atoms with Crippen molar-refractivity contribution in [1.29, 1.82) is 0 Å². The standard InChI is InChI=1S/C43H63ClN4O6S/c1-7-54-43(48-24-22-47(23-25-48)42(3,4)5)20-10-11-31(2)40(19-26-52-6)55(50,51)45-41(49)33-15-18-39-38(28-33)46(29-34-14-17-37(34)43)21-9-8-12-32-27-36(44)16-13-35(32)30-53-39/h10,13,15-16,18,20,27-28,31,34,37,40H,7-9,11-12,14,17,19,21-26,29-30H2,1-6H3,(H,45,49)/b20-10+/t31-,34-,37+,40?,43+/m0/s1. The molecule has 4 aliphatic rings. The molecule has 0 aromatic heterocycles. The van der Waals surface area contributed by atoms with Crippen molar-refractivity contribution in [2.24, 2.45) is 17.8 Å². The zero-order valence-electron chi connectivity index (χ0n) is 33.8. The Kier molecular flexibility index (Phi) is 13.6. The lowest BCUT2D eigenvalue weighted by Gasteiger charge is -2.56. The number of hydrogen-bond donors (Lipinski definition) is 1. The van der Waals surface area contributed by atoms with E-state index in [1.807, 2.05) is 37.3 Å². The zero-order valence-corrected chi connectivity index (χ0v) is 35.4. The van der Waals surface area contributed by atoms with Crippen LogP contribution in [0.25, 0.3) is 0 Å². The van der Waals surface area contributed by atoms with Crippen LogP contribution in [0.3, 0.4) is 0 Å². The summed E-state index contributed by atoms with van der Waals surface area (Å²) in [4.78, 5) is 21.4. The van der Waals surface area contributed by atoms with Gasteiger partial charge in [-0.25, -0.2) is 13.1 Å². The summed E-state index contributed by atoms with van der Waals surface area (Å²) >= 11 is 6.43. The van der Waals surface area contributed by atoms with Crippen molar-refractivity contribution >= 4 is 33.2 Å². The van der Waals surface area contributed by atoms with Gasteiger partial charge in [-0.2, -0.15) is 0 Å². The number of aryl methyl sites for hydroxylation is 1. The number of nitrogens with zero attached hydrogens (tertiary/aromatic N) is 3. The molecule has 2 aromatic carbocycles. The molecule has 5 atom stereocenters. The van der Waals surface area contributed by atoms with Crippen molar-refractivity contribution in [3.63, 3.8) is 0 Å². The fourth-order valence-corrected chi connectivity index (χ4v) is 11.1. The Bertz CT molecular complexity index is 1770. The number of amides is 1. The average molecular weight is 800 g/mol. The number of sulfonamides is 1. The summed E-state index contributed by atoms with van der Waals surface area (Å²) < 4.78 is 49.6. The average Bonchev–Trinajstić information content (AvgIpc) is 3.15. The van der Waals surface area contributed by atoms with E-state index in [0.717, 1.165) is 82.6 Å².